The van der Waals surface area contributed by atoms with Gasteiger partial charge in [-0.05, 0) is 42.9 Å². The van der Waals surface area contributed by atoms with Gasteiger partial charge >= 0.3 is 0 Å². The zero-order valence-corrected chi connectivity index (χ0v) is 12.6. The van der Waals surface area contributed by atoms with Crippen LogP contribution in [0.4, 0.5) is 0 Å². The zero-order valence-electron chi connectivity index (χ0n) is 12.6. The van der Waals surface area contributed by atoms with E-state index >= 15 is 0 Å². The van der Waals surface area contributed by atoms with Crippen LogP contribution in [0.2, 0.25) is 0 Å². The molecule has 0 bridgehead atoms. The first-order valence-electron chi connectivity index (χ1n) is 7.63. The van der Waals surface area contributed by atoms with Crippen molar-refractivity contribution in [3.05, 3.63) is 71.3 Å². The Morgan fingerprint density at radius 1 is 0.850 bits per heavy atom. The number of nitrogens with one attached hydrogen (secondary N) is 1. The lowest BCUT2D eigenvalue weighted by atomic mass is 10.1. The SMILES string of the molecule is CCc1ccc(CN[C@@H](C)CCc2ccccc2)cc1. The summed E-state index contributed by atoms with van der Waals surface area (Å²) in [6.45, 7) is 5.42. The highest BCUT2D eigenvalue weighted by Crippen LogP contribution is 2.07. The number of benzene rings is 2. The summed E-state index contributed by atoms with van der Waals surface area (Å²) in [6.07, 6.45) is 3.43. The highest BCUT2D eigenvalue weighted by Gasteiger charge is 2.02. The lowest BCUT2D eigenvalue weighted by molar-refractivity contribution is 0.514. The van der Waals surface area contributed by atoms with Crippen molar-refractivity contribution in [1.29, 1.82) is 0 Å². The number of hydrogen-bond acceptors (Lipinski definition) is 1. The van der Waals surface area contributed by atoms with Crippen LogP contribution in [0.3, 0.4) is 0 Å². The molecule has 0 saturated heterocycles. The molecular formula is C19H25N. The van der Waals surface area contributed by atoms with Gasteiger partial charge in [0.15, 0.2) is 0 Å². The maximum Gasteiger partial charge on any atom is 0.0207 e. The Morgan fingerprint density at radius 2 is 1.50 bits per heavy atom. The predicted octanol–water partition coefficient (Wildman–Crippen LogP) is 4.36. The largest absolute Gasteiger partial charge is 0.310 e. The smallest absolute Gasteiger partial charge is 0.0207 e. The molecule has 0 aliphatic rings. The molecule has 0 saturated carbocycles. The van der Waals surface area contributed by atoms with Crippen LogP contribution in [-0.2, 0) is 19.4 Å². The average Bonchev–Trinajstić information content (AvgIpc) is 2.52. The summed E-state index contributed by atoms with van der Waals surface area (Å²) in [5, 5.41) is 3.61. The molecule has 0 amide bonds. The van der Waals surface area contributed by atoms with E-state index < -0.39 is 0 Å². The van der Waals surface area contributed by atoms with E-state index in [4.69, 9.17) is 0 Å². The Morgan fingerprint density at radius 3 is 2.15 bits per heavy atom. The molecule has 2 aromatic carbocycles. The van der Waals surface area contributed by atoms with Crippen LogP contribution in [0.5, 0.6) is 0 Å². The molecule has 0 spiro atoms. The number of hydrogen-bond donors (Lipinski definition) is 1. The van der Waals surface area contributed by atoms with Gasteiger partial charge in [0.2, 0.25) is 0 Å². The van der Waals surface area contributed by atoms with E-state index in [1.54, 1.807) is 0 Å². The molecule has 1 nitrogen and oxygen atoms in total. The normalized spacial score (nSPS) is 12.3. The summed E-state index contributed by atoms with van der Waals surface area (Å²) < 4.78 is 0. The average molecular weight is 267 g/mol. The molecule has 2 aromatic rings. The summed E-state index contributed by atoms with van der Waals surface area (Å²) in [4.78, 5) is 0. The molecule has 1 N–H and O–H groups in total. The Hall–Kier alpha value is -1.60. The first kappa shape index (κ1) is 14.8. The predicted molar refractivity (Wildman–Crippen MR) is 86.9 cm³/mol. The van der Waals surface area contributed by atoms with Crippen LogP contribution < -0.4 is 5.32 Å². The van der Waals surface area contributed by atoms with Crippen LogP contribution in [-0.4, -0.2) is 6.04 Å². The van der Waals surface area contributed by atoms with Crippen molar-refractivity contribution in [2.75, 3.05) is 0 Å². The van der Waals surface area contributed by atoms with E-state index in [1.807, 2.05) is 0 Å². The quantitative estimate of drug-likeness (QED) is 0.786. The van der Waals surface area contributed by atoms with Gasteiger partial charge in [0, 0.05) is 12.6 Å². The van der Waals surface area contributed by atoms with E-state index in [2.05, 4.69) is 73.8 Å². The van der Waals surface area contributed by atoms with Crippen molar-refractivity contribution in [3.63, 3.8) is 0 Å². The fraction of sp³-hybridized carbons (Fsp3) is 0.368. The van der Waals surface area contributed by atoms with Gasteiger partial charge in [0.25, 0.3) is 0 Å². The third kappa shape index (κ3) is 4.82. The Labute approximate surface area is 123 Å². The standard InChI is InChI=1S/C19H25N/c1-3-17-11-13-19(14-12-17)15-20-16(2)9-10-18-7-5-4-6-8-18/h4-8,11-14,16,20H,3,9-10,15H2,1-2H3/t16-/m0/s1. The molecule has 0 unspecified atom stereocenters. The van der Waals surface area contributed by atoms with Gasteiger partial charge in [0.1, 0.15) is 0 Å². The fourth-order valence-electron chi connectivity index (χ4n) is 2.31. The van der Waals surface area contributed by atoms with Crippen LogP contribution in [0.15, 0.2) is 54.6 Å². The van der Waals surface area contributed by atoms with Gasteiger partial charge in [-0.2, -0.15) is 0 Å². The molecule has 20 heavy (non-hydrogen) atoms. The molecule has 106 valence electrons. The molecule has 0 fully saturated rings. The molecule has 0 aliphatic heterocycles. The molecule has 0 aromatic heterocycles. The van der Waals surface area contributed by atoms with Crippen LogP contribution in [0.25, 0.3) is 0 Å². The molecule has 2 rings (SSSR count). The van der Waals surface area contributed by atoms with Crippen molar-refractivity contribution < 1.29 is 0 Å². The molecule has 0 radical (unpaired) electrons. The maximum atomic E-state index is 3.61. The lowest BCUT2D eigenvalue weighted by Crippen LogP contribution is -2.25. The third-order valence-corrected chi connectivity index (χ3v) is 3.79. The second-order valence-corrected chi connectivity index (χ2v) is 5.48. The van der Waals surface area contributed by atoms with Crippen molar-refractivity contribution in [2.24, 2.45) is 0 Å². The first-order valence-corrected chi connectivity index (χ1v) is 7.63. The summed E-state index contributed by atoms with van der Waals surface area (Å²) in [6, 6.07) is 20.2. The Kier molecular flexibility index (Phi) is 5.82. The van der Waals surface area contributed by atoms with Gasteiger partial charge in [-0.25, -0.2) is 0 Å². The van der Waals surface area contributed by atoms with Gasteiger partial charge < -0.3 is 5.32 Å². The van der Waals surface area contributed by atoms with E-state index in [0.717, 1.165) is 19.4 Å². The summed E-state index contributed by atoms with van der Waals surface area (Å²) in [5.74, 6) is 0. The lowest BCUT2D eigenvalue weighted by Gasteiger charge is -2.14. The van der Waals surface area contributed by atoms with Crippen LogP contribution in [0.1, 0.15) is 37.0 Å². The first-order chi connectivity index (χ1) is 9.78. The maximum absolute atomic E-state index is 3.61. The monoisotopic (exact) mass is 267 g/mol. The van der Waals surface area contributed by atoms with Crippen molar-refractivity contribution in [3.8, 4) is 0 Å². The second-order valence-electron chi connectivity index (χ2n) is 5.48. The van der Waals surface area contributed by atoms with Crippen LogP contribution >= 0.6 is 0 Å². The zero-order chi connectivity index (χ0) is 14.2. The third-order valence-electron chi connectivity index (χ3n) is 3.79. The van der Waals surface area contributed by atoms with Crippen LogP contribution in [0, 0.1) is 0 Å². The molecule has 1 heteroatoms. The number of aryl methyl sites for hydroxylation is 2. The summed E-state index contributed by atoms with van der Waals surface area (Å²) in [7, 11) is 0. The highest BCUT2D eigenvalue weighted by molar-refractivity contribution is 5.22. The number of rotatable bonds is 7. The minimum atomic E-state index is 0.543. The molecule has 0 heterocycles. The highest BCUT2D eigenvalue weighted by atomic mass is 14.9. The Bertz CT molecular complexity index is 487. The van der Waals surface area contributed by atoms with E-state index in [0.29, 0.717) is 6.04 Å². The minimum Gasteiger partial charge on any atom is -0.310 e. The topological polar surface area (TPSA) is 12.0 Å². The second kappa shape index (κ2) is 7.86. The van der Waals surface area contributed by atoms with Gasteiger partial charge in [0.05, 0.1) is 0 Å². The summed E-state index contributed by atoms with van der Waals surface area (Å²) in [5.41, 5.74) is 4.20. The van der Waals surface area contributed by atoms with Gasteiger partial charge in [-0.15, -0.1) is 0 Å². The Balaban J connectivity index is 1.73. The molecule has 0 aliphatic carbocycles. The van der Waals surface area contributed by atoms with Crippen molar-refractivity contribution >= 4 is 0 Å². The van der Waals surface area contributed by atoms with E-state index in [9.17, 15) is 0 Å². The van der Waals surface area contributed by atoms with E-state index in [1.165, 1.54) is 23.1 Å². The molecule has 1 atom stereocenters. The van der Waals surface area contributed by atoms with Gasteiger partial charge in [-0.3, -0.25) is 0 Å². The van der Waals surface area contributed by atoms with Crippen molar-refractivity contribution in [1.82, 2.24) is 5.32 Å². The van der Waals surface area contributed by atoms with E-state index in [-0.39, 0.29) is 0 Å². The minimum absolute atomic E-state index is 0.543. The fourth-order valence-corrected chi connectivity index (χ4v) is 2.31. The molecular weight excluding hydrogens is 242 g/mol. The van der Waals surface area contributed by atoms with Crippen molar-refractivity contribution in [2.45, 2.75) is 45.7 Å². The van der Waals surface area contributed by atoms with Gasteiger partial charge in [-0.1, -0.05) is 61.5 Å². The summed E-state index contributed by atoms with van der Waals surface area (Å²) >= 11 is 0.